The van der Waals surface area contributed by atoms with E-state index >= 15 is 0 Å². The minimum absolute atomic E-state index is 0.0606. The maximum atomic E-state index is 13.3. The summed E-state index contributed by atoms with van der Waals surface area (Å²) in [7, 11) is -3.68. The predicted molar refractivity (Wildman–Crippen MR) is 70.1 cm³/mol. The fourth-order valence-electron chi connectivity index (χ4n) is 1.66. The van der Waals surface area contributed by atoms with Crippen LogP contribution >= 0.6 is 0 Å². The number of nitrogens with one attached hydrogen (secondary N) is 1. The van der Waals surface area contributed by atoms with Crippen molar-refractivity contribution < 1.29 is 12.8 Å². The molecule has 4 nitrogen and oxygen atoms in total. The van der Waals surface area contributed by atoms with Gasteiger partial charge >= 0.3 is 0 Å². The lowest BCUT2D eigenvalue weighted by atomic mass is 10.1. The Kier molecular flexibility index (Phi) is 5.10. The SMILES string of the molecule is CCCC(CC)NS(=O)(=O)c1ccc(N)c(F)c1. The maximum Gasteiger partial charge on any atom is 0.240 e. The topological polar surface area (TPSA) is 72.2 Å². The predicted octanol–water partition coefficient (Wildman–Crippen LogP) is 2.26. The molecule has 0 spiro atoms. The van der Waals surface area contributed by atoms with E-state index < -0.39 is 15.8 Å². The van der Waals surface area contributed by atoms with Gasteiger partial charge in [0.05, 0.1) is 10.6 Å². The molecule has 1 rings (SSSR count). The Morgan fingerprint density at radius 1 is 1.39 bits per heavy atom. The Bertz CT molecular complexity index is 503. The average molecular weight is 274 g/mol. The highest BCUT2D eigenvalue weighted by molar-refractivity contribution is 7.89. The largest absolute Gasteiger partial charge is 0.396 e. The van der Waals surface area contributed by atoms with Crippen molar-refractivity contribution in [1.29, 1.82) is 0 Å². The Labute approximate surface area is 107 Å². The molecule has 18 heavy (non-hydrogen) atoms. The van der Waals surface area contributed by atoms with Gasteiger partial charge in [-0.15, -0.1) is 0 Å². The third kappa shape index (κ3) is 3.68. The van der Waals surface area contributed by atoms with E-state index in [1.807, 2.05) is 13.8 Å². The molecule has 1 aromatic rings. The molecule has 1 atom stereocenters. The number of halogens is 1. The quantitative estimate of drug-likeness (QED) is 0.782. The van der Waals surface area contributed by atoms with Gasteiger partial charge in [0.1, 0.15) is 5.82 Å². The van der Waals surface area contributed by atoms with Crippen molar-refractivity contribution in [3.8, 4) is 0 Å². The molecule has 3 N–H and O–H groups in total. The van der Waals surface area contributed by atoms with Crippen molar-refractivity contribution in [1.82, 2.24) is 4.72 Å². The lowest BCUT2D eigenvalue weighted by molar-refractivity contribution is 0.511. The molecule has 0 saturated carbocycles. The Hall–Kier alpha value is -1.14. The van der Waals surface area contributed by atoms with Crippen LogP contribution in [-0.4, -0.2) is 14.5 Å². The van der Waals surface area contributed by atoms with Crippen molar-refractivity contribution >= 4 is 15.7 Å². The number of sulfonamides is 1. The zero-order valence-electron chi connectivity index (χ0n) is 10.6. The van der Waals surface area contributed by atoms with Crippen molar-refractivity contribution in [2.24, 2.45) is 0 Å². The van der Waals surface area contributed by atoms with Crippen molar-refractivity contribution in [3.63, 3.8) is 0 Å². The number of nitrogen functional groups attached to an aromatic ring is 1. The first-order valence-electron chi connectivity index (χ1n) is 5.98. The first-order chi connectivity index (χ1) is 8.40. The molecular formula is C12H19FN2O2S. The zero-order valence-corrected chi connectivity index (χ0v) is 11.4. The van der Waals surface area contributed by atoms with E-state index in [9.17, 15) is 12.8 Å². The van der Waals surface area contributed by atoms with Gasteiger partial charge in [0.2, 0.25) is 10.0 Å². The highest BCUT2D eigenvalue weighted by atomic mass is 32.2. The number of rotatable bonds is 6. The van der Waals surface area contributed by atoms with Crippen LogP contribution in [0.5, 0.6) is 0 Å². The summed E-state index contributed by atoms with van der Waals surface area (Å²) in [6.07, 6.45) is 2.34. The summed E-state index contributed by atoms with van der Waals surface area (Å²) in [5.74, 6) is -0.721. The van der Waals surface area contributed by atoms with Gasteiger partial charge in [-0.2, -0.15) is 0 Å². The Morgan fingerprint density at radius 3 is 2.56 bits per heavy atom. The molecule has 0 radical (unpaired) electrons. The van der Waals surface area contributed by atoms with E-state index in [-0.39, 0.29) is 16.6 Å². The van der Waals surface area contributed by atoms with E-state index in [2.05, 4.69) is 4.72 Å². The van der Waals surface area contributed by atoms with Crippen LogP contribution in [0, 0.1) is 5.82 Å². The smallest absolute Gasteiger partial charge is 0.240 e. The molecule has 0 aromatic heterocycles. The van der Waals surface area contributed by atoms with Gasteiger partial charge in [-0.05, 0) is 31.0 Å². The summed E-state index contributed by atoms with van der Waals surface area (Å²) in [5, 5.41) is 0. The van der Waals surface area contributed by atoms with E-state index in [0.717, 1.165) is 18.9 Å². The molecule has 0 heterocycles. The highest BCUT2D eigenvalue weighted by Crippen LogP contribution is 2.17. The zero-order chi connectivity index (χ0) is 13.8. The summed E-state index contributed by atoms with van der Waals surface area (Å²) >= 11 is 0. The van der Waals surface area contributed by atoms with E-state index in [1.165, 1.54) is 12.1 Å². The number of benzene rings is 1. The molecule has 0 saturated heterocycles. The Morgan fingerprint density at radius 2 is 2.06 bits per heavy atom. The summed E-state index contributed by atoms with van der Waals surface area (Å²) in [5.41, 5.74) is 5.26. The van der Waals surface area contributed by atoms with Crippen LogP contribution in [0.2, 0.25) is 0 Å². The number of nitrogens with two attached hydrogens (primary N) is 1. The van der Waals surface area contributed by atoms with Gasteiger partial charge in [0.25, 0.3) is 0 Å². The standard InChI is InChI=1S/C12H19FN2O2S/c1-3-5-9(4-2)15-18(16,17)10-6-7-12(14)11(13)8-10/h6-9,15H,3-5,14H2,1-2H3. The summed E-state index contributed by atoms with van der Waals surface area (Å²) in [4.78, 5) is -0.0937. The second kappa shape index (κ2) is 6.15. The molecule has 0 fully saturated rings. The molecule has 0 aliphatic carbocycles. The van der Waals surface area contributed by atoms with E-state index in [1.54, 1.807) is 0 Å². The van der Waals surface area contributed by atoms with Gasteiger partial charge in [-0.1, -0.05) is 20.3 Å². The van der Waals surface area contributed by atoms with Crippen LogP contribution in [0.1, 0.15) is 33.1 Å². The normalized spacial score (nSPS) is 13.5. The van der Waals surface area contributed by atoms with Crippen LogP contribution in [0.3, 0.4) is 0 Å². The number of hydrogen-bond acceptors (Lipinski definition) is 3. The van der Waals surface area contributed by atoms with Crippen LogP contribution < -0.4 is 10.5 Å². The molecule has 0 bridgehead atoms. The van der Waals surface area contributed by atoms with Gasteiger partial charge in [-0.25, -0.2) is 17.5 Å². The van der Waals surface area contributed by atoms with Gasteiger partial charge in [0.15, 0.2) is 0 Å². The molecule has 0 amide bonds. The van der Waals surface area contributed by atoms with Gasteiger partial charge < -0.3 is 5.73 Å². The van der Waals surface area contributed by atoms with E-state index in [0.29, 0.717) is 6.42 Å². The fraction of sp³-hybridized carbons (Fsp3) is 0.500. The van der Waals surface area contributed by atoms with Gasteiger partial charge in [-0.3, -0.25) is 0 Å². The molecular weight excluding hydrogens is 255 g/mol. The highest BCUT2D eigenvalue weighted by Gasteiger charge is 2.19. The lowest BCUT2D eigenvalue weighted by Crippen LogP contribution is -2.34. The van der Waals surface area contributed by atoms with Crippen LogP contribution in [-0.2, 0) is 10.0 Å². The van der Waals surface area contributed by atoms with E-state index in [4.69, 9.17) is 5.73 Å². The van der Waals surface area contributed by atoms with Crippen LogP contribution in [0.15, 0.2) is 23.1 Å². The van der Waals surface area contributed by atoms with Crippen molar-refractivity contribution in [3.05, 3.63) is 24.0 Å². The second-order valence-electron chi connectivity index (χ2n) is 4.20. The number of hydrogen-bond donors (Lipinski definition) is 2. The molecule has 1 unspecified atom stereocenters. The molecule has 0 aliphatic heterocycles. The molecule has 102 valence electrons. The van der Waals surface area contributed by atoms with Crippen LogP contribution in [0.4, 0.5) is 10.1 Å². The van der Waals surface area contributed by atoms with Gasteiger partial charge in [0, 0.05) is 6.04 Å². The third-order valence-corrected chi connectivity index (χ3v) is 4.25. The molecule has 0 aliphatic rings. The third-order valence-electron chi connectivity index (χ3n) is 2.73. The summed E-state index contributed by atoms with van der Waals surface area (Å²) in [6.45, 7) is 3.90. The van der Waals surface area contributed by atoms with Crippen LogP contribution in [0.25, 0.3) is 0 Å². The minimum Gasteiger partial charge on any atom is -0.396 e. The first kappa shape index (κ1) is 14.9. The minimum atomic E-state index is -3.68. The van der Waals surface area contributed by atoms with Crippen molar-refractivity contribution in [2.75, 3.05) is 5.73 Å². The summed E-state index contributed by atoms with van der Waals surface area (Å²) < 4.78 is 39.9. The first-order valence-corrected chi connectivity index (χ1v) is 7.46. The fourth-order valence-corrected chi connectivity index (χ4v) is 3.02. The second-order valence-corrected chi connectivity index (χ2v) is 5.91. The lowest BCUT2D eigenvalue weighted by Gasteiger charge is -2.16. The average Bonchev–Trinajstić information content (AvgIpc) is 2.31. The number of anilines is 1. The molecule has 6 heteroatoms. The maximum absolute atomic E-state index is 13.3. The Balaban J connectivity index is 2.95. The molecule has 1 aromatic carbocycles. The monoisotopic (exact) mass is 274 g/mol. The van der Waals surface area contributed by atoms with Crippen molar-refractivity contribution in [2.45, 2.75) is 44.0 Å². The summed E-state index contributed by atoms with van der Waals surface area (Å²) in [6, 6.07) is 3.38.